The zero-order valence-electron chi connectivity index (χ0n) is 8.12. The highest BCUT2D eigenvalue weighted by atomic mass is 32.1. The van der Waals surface area contributed by atoms with Crippen LogP contribution in [0.4, 0.5) is 5.00 Å². The van der Waals surface area contributed by atoms with Crippen LogP contribution in [0, 0.1) is 5.92 Å². The van der Waals surface area contributed by atoms with Crippen molar-refractivity contribution < 1.29 is 4.74 Å². The number of nitrogens with zero attached hydrogens (tertiary/aromatic N) is 1. The van der Waals surface area contributed by atoms with Crippen LogP contribution in [0.5, 0.6) is 5.19 Å². The Balaban J connectivity index is 2.13. The molecule has 0 aliphatic rings. The molecule has 4 heteroatoms. The number of hydrogen-bond donors (Lipinski definition) is 1. The molecule has 13 heavy (non-hydrogen) atoms. The van der Waals surface area contributed by atoms with Crippen molar-refractivity contribution in [1.82, 2.24) is 4.98 Å². The first-order valence-electron chi connectivity index (χ1n) is 4.52. The van der Waals surface area contributed by atoms with Gasteiger partial charge in [0.05, 0.1) is 12.8 Å². The van der Waals surface area contributed by atoms with Crippen LogP contribution in [0.2, 0.25) is 0 Å². The molecule has 3 nitrogen and oxygen atoms in total. The lowest BCUT2D eigenvalue weighted by molar-refractivity contribution is 0.296. The van der Waals surface area contributed by atoms with Crippen LogP contribution >= 0.6 is 11.3 Å². The Kier molecular flexibility index (Phi) is 4.02. The fourth-order valence-electron chi connectivity index (χ4n) is 0.988. The second-order valence-electron chi connectivity index (χ2n) is 3.41. The largest absolute Gasteiger partial charge is 0.470 e. The monoisotopic (exact) mass is 200 g/mol. The first-order valence-corrected chi connectivity index (χ1v) is 5.34. The van der Waals surface area contributed by atoms with Gasteiger partial charge in [-0.2, -0.15) is 0 Å². The molecule has 74 valence electrons. The van der Waals surface area contributed by atoms with Gasteiger partial charge in [-0.15, -0.1) is 0 Å². The topological polar surface area (TPSA) is 48.1 Å². The van der Waals surface area contributed by atoms with Gasteiger partial charge in [-0.1, -0.05) is 25.2 Å². The van der Waals surface area contributed by atoms with Crippen molar-refractivity contribution >= 4 is 16.3 Å². The number of nitrogen functional groups attached to an aromatic ring is 1. The van der Waals surface area contributed by atoms with Gasteiger partial charge in [0.1, 0.15) is 5.00 Å². The summed E-state index contributed by atoms with van der Waals surface area (Å²) < 4.78 is 5.40. The number of rotatable bonds is 5. The molecule has 0 unspecified atom stereocenters. The molecule has 0 bridgehead atoms. The lowest BCUT2D eigenvalue weighted by Gasteiger charge is -2.04. The average molecular weight is 200 g/mol. The molecule has 0 saturated carbocycles. The number of aromatic nitrogens is 1. The van der Waals surface area contributed by atoms with E-state index in [4.69, 9.17) is 10.5 Å². The normalized spacial score (nSPS) is 10.7. The van der Waals surface area contributed by atoms with Crippen LogP contribution in [0.3, 0.4) is 0 Å². The molecule has 1 aromatic heterocycles. The average Bonchev–Trinajstić information content (AvgIpc) is 2.45. The van der Waals surface area contributed by atoms with Crippen molar-refractivity contribution in [2.45, 2.75) is 26.7 Å². The molecule has 0 amide bonds. The zero-order chi connectivity index (χ0) is 9.68. The minimum Gasteiger partial charge on any atom is -0.470 e. The maximum absolute atomic E-state index is 5.51. The van der Waals surface area contributed by atoms with E-state index in [-0.39, 0.29) is 0 Å². The summed E-state index contributed by atoms with van der Waals surface area (Å²) in [4.78, 5) is 4.00. The molecule has 0 spiro atoms. The highest BCUT2D eigenvalue weighted by Gasteiger charge is 1.99. The lowest BCUT2D eigenvalue weighted by Crippen LogP contribution is -1.98. The lowest BCUT2D eigenvalue weighted by atomic mass is 10.1. The van der Waals surface area contributed by atoms with E-state index in [1.165, 1.54) is 17.8 Å². The fraction of sp³-hybridized carbons (Fsp3) is 0.667. The minimum absolute atomic E-state index is 0.682. The summed E-state index contributed by atoms with van der Waals surface area (Å²) in [6, 6.07) is 0. The third-order valence-electron chi connectivity index (χ3n) is 1.65. The molecular weight excluding hydrogens is 184 g/mol. The van der Waals surface area contributed by atoms with Gasteiger partial charge in [0.2, 0.25) is 0 Å². The van der Waals surface area contributed by atoms with Crippen LogP contribution in [-0.2, 0) is 0 Å². The molecule has 2 N–H and O–H groups in total. The van der Waals surface area contributed by atoms with E-state index < -0.39 is 0 Å². The van der Waals surface area contributed by atoms with Crippen LogP contribution in [0.1, 0.15) is 26.7 Å². The van der Waals surface area contributed by atoms with Gasteiger partial charge in [-0.05, 0) is 18.8 Å². The Hall–Kier alpha value is -0.770. The van der Waals surface area contributed by atoms with Crippen LogP contribution in [0.25, 0.3) is 0 Å². The van der Waals surface area contributed by atoms with Gasteiger partial charge < -0.3 is 10.5 Å². The minimum atomic E-state index is 0.682. The van der Waals surface area contributed by atoms with E-state index in [1.54, 1.807) is 6.20 Å². The quantitative estimate of drug-likeness (QED) is 0.743. The smallest absolute Gasteiger partial charge is 0.275 e. The third kappa shape index (κ3) is 4.12. The number of thiazole rings is 1. The van der Waals surface area contributed by atoms with Crippen LogP contribution in [-0.4, -0.2) is 11.6 Å². The Bertz CT molecular complexity index is 248. The molecule has 0 saturated heterocycles. The van der Waals surface area contributed by atoms with E-state index in [0.29, 0.717) is 10.2 Å². The SMILES string of the molecule is CC(C)CCCOc1ncc(N)s1. The summed E-state index contributed by atoms with van der Waals surface area (Å²) in [5.74, 6) is 0.741. The fourth-order valence-corrected chi connectivity index (χ4v) is 1.54. The molecule has 1 heterocycles. The first-order chi connectivity index (χ1) is 6.18. The Morgan fingerprint density at radius 1 is 1.62 bits per heavy atom. The van der Waals surface area contributed by atoms with E-state index in [0.717, 1.165) is 18.9 Å². The Labute approximate surface area is 82.9 Å². The number of hydrogen-bond acceptors (Lipinski definition) is 4. The van der Waals surface area contributed by atoms with Gasteiger partial charge in [0.15, 0.2) is 0 Å². The van der Waals surface area contributed by atoms with Crippen molar-refractivity contribution in [2.75, 3.05) is 12.3 Å². The summed E-state index contributed by atoms with van der Waals surface area (Å²) in [5, 5.41) is 1.39. The summed E-state index contributed by atoms with van der Waals surface area (Å²) in [6.45, 7) is 5.16. The highest BCUT2D eigenvalue weighted by Crippen LogP contribution is 2.22. The van der Waals surface area contributed by atoms with Gasteiger partial charge in [0, 0.05) is 0 Å². The Morgan fingerprint density at radius 2 is 2.38 bits per heavy atom. The van der Waals surface area contributed by atoms with Gasteiger partial charge in [-0.3, -0.25) is 0 Å². The third-order valence-corrected chi connectivity index (χ3v) is 2.39. The van der Waals surface area contributed by atoms with Crippen LogP contribution in [0.15, 0.2) is 6.20 Å². The van der Waals surface area contributed by atoms with Crippen molar-refractivity contribution in [3.8, 4) is 5.19 Å². The molecule has 0 radical (unpaired) electrons. The highest BCUT2D eigenvalue weighted by molar-refractivity contribution is 7.17. The first kappa shape index (κ1) is 10.3. The van der Waals surface area contributed by atoms with E-state index >= 15 is 0 Å². The standard InChI is InChI=1S/C9H16N2OS/c1-7(2)4-3-5-12-9-11-6-8(10)13-9/h6-7H,3-5,10H2,1-2H3. The Morgan fingerprint density at radius 3 is 2.92 bits per heavy atom. The van der Waals surface area contributed by atoms with Gasteiger partial charge in [0.25, 0.3) is 5.19 Å². The maximum atomic E-state index is 5.51. The summed E-state index contributed by atoms with van der Waals surface area (Å²) in [7, 11) is 0. The second-order valence-corrected chi connectivity index (χ2v) is 4.44. The number of ether oxygens (including phenoxy) is 1. The van der Waals surface area contributed by atoms with Crippen molar-refractivity contribution in [3.63, 3.8) is 0 Å². The second kappa shape index (κ2) is 5.07. The molecule has 0 fully saturated rings. The van der Waals surface area contributed by atoms with Crippen LogP contribution < -0.4 is 10.5 Å². The number of nitrogens with two attached hydrogens (primary N) is 1. The zero-order valence-corrected chi connectivity index (χ0v) is 8.93. The predicted molar refractivity (Wildman–Crippen MR) is 56.1 cm³/mol. The molecule has 0 aliphatic heterocycles. The molecule has 1 rings (SSSR count). The summed E-state index contributed by atoms with van der Waals surface area (Å²) in [5.41, 5.74) is 5.51. The maximum Gasteiger partial charge on any atom is 0.275 e. The molecule has 0 atom stereocenters. The van der Waals surface area contributed by atoms with Crippen molar-refractivity contribution in [3.05, 3.63) is 6.20 Å². The van der Waals surface area contributed by atoms with Crippen molar-refractivity contribution in [2.24, 2.45) is 5.92 Å². The van der Waals surface area contributed by atoms with E-state index in [2.05, 4.69) is 18.8 Å². The van der Waals surface area contributed by atoms with Crippen molar-refractivity contribution in [1.29, 1.82) is 0 Å². The van der Waals surface area contributed by atoms with E-state index in [9.17, 15) is 0 Å². The molecule has 1 aromatic rings. The van der Waals surface area contributed by atoms with E-state index in [1.807, 2.05) is 0 Å². The molecule has 0 aliphatic carbocycles. The van der Waals surface area contributed by atoms with Gasteiger partial charge in [-0.25, -0.2) is 4.98 Å². The summed E-state index contributed by atoms with van der Waals surface area (Å²) >= 11 is 1.39. The predicted octanol–water partition coefficient (Wildman–Crippen LogP) is 2.54. The summed E-state index contributed by atoms with van der Waals surface area (Å²) in [6.07, 6.45) is 3.90. The molecule has 0 aromatic carbocycles. The number of anilines is 1. The molecular formula is C9H16N2OS. The van der Waals surface area contributed by atoms with Gasteiger partial charge >= 0.3 is 0 Å².